The van der Waals surface area contributed by atoms with Gasteiger partial charge >= 0.3 is 0 Å². The van der Waals surface area contributed by atoms with Crippen LogP contribution in [0.1, 0.15) is 24.3 Å². The Morgan fingerprint density at radius 2 is 2.11 bits per heavy atom. The van der Waals surface area contributed by atoms with Gasteiger partial charge in [-0.2, -0.15) is 0 Å². The van der Waals surface area contributed by atoms with Gasteiger partial charge < -0.3 is 15.5 Å². The first-order valence-electron chi connectivity index (χ1n) is 6.04. The number of amides is 1. The van der Waals surface area contributed by atoms with Crippen LogP contribution in [0.25, 0.3) is 0 Å². The summed E-state index contributed by atoms with van der Waals surface area (Å²) in [5.74, 6) is 0.452. The van der Waals surface area contributed by atoms with Gasteiger partial charge in [0.25, 0.3) is 5.91 Å². The number of nitrogens with zero attached hydrogens (tertiary/aromatic N) is 3. The van der Waals surface area contributed by atoms with Crippen LogP contribution >= 0.6 is 0 Å². The normalized spacial score (nSPS) is 10.8. The van der Waals surface area contributed by atoms with E-state index in [1.54, 1.807) is 19.2 Å². The van der Waals surface area contributed by atoms with Crippen molar-refractivity contribution in [2.45, 2.75) is 19.9 Å². The van der Waals surface area contributed by atoms with Crippen molar-refractivity contribution in [3.8, 4) is 0 Å². The number of hydrogen-bond acceptors (Lipinski definition) is 5. The summed E-state index contributed by atoms with van der Waals surface area (Å²) in [5.41, 5.74) is 0.334. The fourth-order valence-corrected chi connectivity index (χ4v) is 1.28. The van der Waals surface area contributed by atoms with Crippen LogP contribution in [0.3, 0.4) is 0 Å². The van der Waals surface area contributed by atoms with Gasteiger partial charge in [0.15, 0.2) is 5.69 Å². The van der Waals surface area contributed by atoms with Crippen molar-refractivity contribution in [1.82, 2.24) is 20.4 Å². The molecule has 0 fully saturated rings. The fourth-order valence-electron chi connectivity index (χ4n) is 1.28. The monoisotopic (exact) mass is 251 g/mol. The molecule has 0 saturated carbocycles. The minimum absolute atomic E-state index is 0.192. The zero-order chi connectivity index (χ0) is 13.5. The molecule has 1 aromatic rings. The molecule has 2 N–H and O–H groups in total. The fraction of sp³-hybridized carbons (Fsp3) is 0.583. The van der Waals surface area contributed by atoms with E-state index in [9.17, 15) is 4.79 Å². The maximum atomic E-state index is 11.7. The van der Waals surface area contributed by atoms with Gasteiger partial charge in [-0.3, -0.25) is 4.79 Å². The lowest BCUT2D eigenvalue weighted by molar-refractivity contribution is 0.0942. The van der Waals surface area contributed by atoms with E-state index >= 15 is 0 Å². The molecule has 0 aliphatic rings. The minimum atomic E-state index is -0.192. The highest BCUT2D eigenvalue weighted by Crippen LogP contribution is 2.00. The molecule has 0 unspecified atom stereocenters. The van der Waals surface area contributed by atoms with Crippen molar-refractivity contribution in [3.05, 3.63) is 17.8 Å². The van der Waals surface area contributed by atoms with Crippen LogP contribution in [-0.2, 0) is 0 Å². The molecule has 0 bridgehead atoms. The van der Waals surface area contributed by atoms with Gasteiger partial charge in [0.05, 0.1) is 0 Å². The van der Waals surface area contributed by atoms with Gasteiger partial charge in [-0.05, 0) is 33.0 Å². The van der Waals surface area contributed by atoms with Gasteiger partial charge in [-0.15, -0.1) is 10.2 Å². The summed E-state index contributed by atoms with van der Waals surface area (Å²) < 4.78 is 0. The molecular formula is C12H21N5O. The first-order chi connectivity index (χ1) is 8.54. The van der Waals surface area contributed by atoms with Gasteiger partial charge in [0.2, 0.25) is 0 Å². The Balaban J connectivity index is 2.40. The highest BCUT2D eigenvalue weighted by atomic mass is 16.1. The van der Waals surface area contributed by atoms with Crippen LogP contribution in [-0.4, -0.2) is 54.2 Å². The van der Waals surface area contributed by atoms with Crippen molar-refractivity contribution in [1.29, 1.82) is 0 Å². The summed E-state index contributed by atoms with van der Waals surface area (Å²) in [4.78, 5) is 13.9. The zero-order valence-electron chi connectivity index (χ0n) is 11.4. The molecule has 0 spiro atoms. The van der Waals surface area contributed by atoms with Crippen molar-refractivity contribution < 1.29 is 4.79 Å². The molecule has 0 aromatic carbocycles. The third-order valence-electron chi connectivity index (χ3n) is 2.78. The molecule has 6 nitrogen and oxygen atoms in total. The molecule has 0 radical (unpaired) electrons. The summed E-state index contributed by atoms with van der Waals surface area (Å²) >= 11 is 0. The Kier molecular flexibility index (Phi) is 5.51. The summed E-state index contributed by atoms with van der Waals surface area (Å²) in [6.07, 6.45) is 0. The average molecular weight is 251 g/mol. The van der Waals surface area contributed by atoms with Gasteiger partial charge in [-0.25, -0.2) is 0 Å². The summed E-state index contributed by atoms with van der Waals surface area (Å²) in [6.45, 7) is 5.64. The SMILES string of the molecule is CNc1ccc(C(=O)NCCN(C)C(C)C)nn1. The largest absolute Gasteiger partial charge is 0.372 e. The second kappa shape index (κ2) is 6.90. The molecule has 18 heavy (non-hydrogen) atoms. The molecule has 100 valence electrons. The van der Waals surface area contributed by atoms with Crippen LogP contribution in [0, 0.1) is 0 Å². The molecule has 0 aliphatic carbocycles. The number of carbonyl (C=O) groups excluding carboxylic acids is 1. The van der Waals surface area contributed by atoms with Crippen LogP contribution in [0.2, 0.25) is 0 Å². The van der Waals surface area contributed by atoms with Crippen LogP contribution < -0.4 is 10.6 Å². The van der Waals surface area contributed by atoms with Crippen LogP contribution in [0.15, 0.2) is 12.1 Å². The summed E-state index contributed by atoms with van der Waals surface area (Å²) in [7, 11) is 3.78. The van der Waals surface area contributed by atoms with E-state index in [1.807, 2.05) is 7.05 Å². The standard InChI is InChI=1S/C12H21N5O/c1-9(2)17(4)8-7-14-12(18)10-5-6-11(13-3)16-15-10/h5-6,9H,7-8H2,1-4H3,(H,13,16)(H,14,18). The minimum Gasteiger partial charge on any atom is -0.372 e. The Morgan fingerprint density at radius 3 is 2.61 bits per heavy atom. The zero-order valence-corrected chi connectivity index (χ0v) is 11.4. The molecule has 0 saturated heterocycles. The van der Waals surface area contributed by atoms with E-state index in [0.29, 0.717) is 24.1 Å². The van der Waals surface area contributed by atoms with Crippen molar-refractivity contribution in [3.63, 3.8) is 0 Å². The first kappa shape index (κ1) is 14.4. The summed E-state index contributed by atoms with van der Waals surface area (Å²) in [6, 6.07) is 3.85. The molecule has 1 amide bonds. The maximum absolute atomic E-state index is 11.7. The molecular weight excluding hydrogens is 230 g/mol. The van der Waals surface area contributed by atoms with Gasteiger partial charge in [-0.1, -0.05) is 0 Å². The third-order valence-corrected chi connectivity index (χ3v) is 2.78. The number of carbonyl (C=O) groups is 1. The Hall–Kier alpha value is -1.69. The smallest absolute Gasteiger partial charge is 0.271 e. The van der Waals surface area contributed by atoms with E-state index in [-0.39, 0.29) is 5.91 Å². The van der Waals surface area contributed by atoms with Crippen LogP contribution in [0.4, 0.5) is 5.82 Å². The molecule has 1 aromatic heterocycles. The maximum Gasteiger partial charge on any atom is 0.271 e. The Morgan fingerprint density at radius 1 is 1.39 bits per heavy atom. The lowest BCUT2D eigenvalue weighted by Gasteiger charge is -2.20. The molecule has 0 aliphatic heterocycles. The van der Waals surface area contributed by atoms with Crippen molar-refractivity contribution in [2.24, 2.45) is 0 Å². The molecule has 1 heterocycles. The lowest BCUT2D eigenvalue weighted by Crippen LogP contribution is -2.36. The number of nitrogens with one attached hydrogen (secondary N) is 2. The van der Waals surface area contributed by atoms with E-state index in [1.165, 1.54) is 0 Å². The lowest BCUT2D eigenvalue weighted by atomic mass is 10.3. The highest BCUT2D eigenvalue weighted by Gasteiger charge is 2.08. The molecule has 0 atom stereocenters. The number of likely N-dealkylation sites (N-methyl/N-ethyl adjacent to an activating group) is 1. The van der Waals surface area contributed by atoms with E-state index < -0.39 is 0 Å². The van der Waals surface area contributed by atoms with E-state index in [4.69, 9.17) is 0 Å². The topological polar surface area (TPSA) is 70.2 Å². The average Bonchev–Trinajstić information content (AvgIpc) is 2.38. The van der Waals surface area contributed by atoms with E-state index in [0.717, 1.165) is 6.54 Å². The molecule has 1 rings (SSSR count). The van der Waals surface area contributed by atoms with Gasteiger partial charge in [0, 0.05) is 26.2 Å². The number of rotatable bonds is 6. The number of aromatic nitrogens is 2. The number of hydrogen-bond donors (Lipinski definition) is 2. The quantitative estimate of drug-likeness (QED) is 0.774. The predicted octanol–water partition coefficient (Wildman–Crippen LogP) is 0.588. The second-order valence-corrected chi connectivity index (χ2v) is 4.38. The van der Waals surface area contributed by atoms with E-state index in [2.05, 4.69) is 39.6 Å². The predicted molar refractivity (Wildman–Crippen MR) is 71.7 cm³/mol. The van der Waals surface area contributed by atoms with Crippen LogP contribution in [0.5, 0.6) is 0 Å². The Bertz CT molecular complexity index is 377. The summed E-state index contributed by atoms with van der Waals surface area (Å²) in [5, 5.41) is 13.4. The number of anilines is 1. The highest BCUT2D eigenvalue weighted by molar-refractivity contribution is 5.92. The second-order valence-electron chi connectivity index (χ2n) is 4.38. The first-order valence-corrected chi connectivity index (χ1v) is 6.04. The van der Waals surface area contributed by atoms with Gasteiger partial charge in [0.1, 0.15) is 5.82 Å². The third kappa shape index (κ3) is 4.29. The van der Waals surface area contributed by atoms with Crippen molar-refractivity contribution in [2.75, 3.05) is 32.5 Å². The van der Waals surface area contributed by atoms with Crippen molar-refractivity contribution >= 4 is 11.7 Å². The molecule has 6 heteroatoms. The Labute approximate surface area is 108 Å².